The van der Waals surface area contributed by atoms with Crippen molar-refractivity contribution < 1.29 is 4.21 Å². The molecule has 104 valence electrons. The third kappa shape index (κ3) is 5.06. The molecule has 2 atom stereocenters. The lowest BCUT2D eigenvalue weighted by Crippen LogP contribution is -2.39. The van der Waals surface area contributed by atoms with E-state index < -0.39 is 11.0 Å². The van der Waals surface area contributed by atoms with E-state index in [0.29, 0.717) is 12.0 Å². The van der Waals surface area contributed by atoms with Gasteiger partial charge in [0.05, 0.1) is 27.4 Å². The molecular weight excluding hydrogens is 324 g/mol. The van der Waals surface area contributed by atoms with E-state index in [2.05, 4.69) is 26.7 Å². The predicted molar refractivity (Wildman–Crippen MR) is 83.1 cm³/mol. The zero-order valence-electron chi connectivity index (χ0n) is 11.7. The summed E-state index contributed by atoms with van der Waals surface area (Å²) in [6.45, 7) is 7.78. The van der Waals surface area contributed by atoms with Crippen LogP contribution in [0.4, 0.5) is 0 Å². The van der Waals surface area contributed by atoms with Gasteiger partial charge in [-0.2, -0.15) is 5.26 Å². The summed E-state index contributed by atoms with van der Waals surface area (Å²) in [5.41, 5.74) is 1.63. The van der Waals surface area contributed by atoms with Crippen molar-refractivity contribution in [3.8, 4) is 6.07 Å². The van der Waals surface area contributed by atoms with E-state index in [4.69, 9.17) is 5.26 Å². The van der Waals surface area contributed by atoms with Crippen LogP contribution in [0.5, 0.6) is 0 Å². The smallest absolute Gasteiger partial charge is 0.0994 e. The molecule has 0 saturated heterocycles. The van der Waals surface area contributed by atoms with Crippen LogP contribution in [0.15, 0.2) is 22.7 Å². The Labute approximate surface area is 126 Å². The van der Waals surface area contributed by atoms with Gasteiger partial charge in [-0.3, -0.25) is 0 Å². The van der Waals surface area contributed by atoms with E-state index in [1.165, 1.54) is 0 Å². The normalized spacial score (nSPS) is 14.7. The Kier molecular flexibility index (Phi) is 5.72. The Bertz CT molecular complexity index is 517. The summed E-state index contributed by atoms with van der Waals surface area (Å²) in [6, 6.07) is 7.82. The molecule has 0 aliphatic heterocycles. The Morgan fingerprint density at radius 3 is 2.63 bits per heavy atom. The monoisotopic (exact) mass is 342 g/mol. The van der Waals surface area contributed by atoms with Crippen LogP contribution < -0.4 is 4.72 Å². The molecule has 1 rings (SSSR count). The maximum atomic E-state index is 12.0. The fourth-order valence-corrected chi connectivity index (χ4v) is 2.78. The lowest BCUT2D eigenvalue weighted by atomic mass is 10.0. The molecule has 0 aliphatic rings. The highest BCUT2D eigenvalue weighted by Crippen LogP contribution is 2.18. The molecule has 0 fully saturated rings. The van der Waals surface area contributed by atoms with E-state index in [0.717, 1.165) is 10.0 Å². The Morgan fingerprint density at radius 1 is 1.47 bits per heavy atom. The summed E-state index contributed by atoms with van der Waals surface area (Å²) < 4.78 is 15.8. The molecule has 3 nitrogen and oxygen atoms in total. The summed E-state index contributed by atoms with van der Waals surface area (Å²) in [5.74, 6) is 0. The van der Waals surface area contributed by atoms with Gasteiger partial charge in [-0.1, -0.05) is 15.9 Å². The standard InChI is InChI=1S/C14H19BrN2OS/c1-10(17-19(18)14(2,3)4)7-12-8-13(15)6-5-11(12)9-16/h5-6,8,10,17H,7H2,1-4H3/t10-,19+/m1/s1. The van der Waals surface area contributed by atoms with Crippen molar-refractivity contribution in [1.29, 1.82) is 5.26 Å². The number of nitrogens with one attached hydrogen (secondary N) is 1. The maximum absolute atomic E-state index is 12.0. The fraction of sp³-hybridized carbons (Fsp3) is 0.500. The summed E-state index contributed by atoms with van der Waals surface area (Å²) >= 11 is 3.41. The average Bonchev–Trinajstić information content (AvgIpc) is 2.27. The predicted octanol–water partition coefficient (Wildman–Crippen LogP) is 3.30. The van der Waals surface area contributed by atoms with Crippen molar-refractivity contribution in [2.24, 2.45) is 0 Å². The number of nitrogens with zero attached hydrogens (tertiary/aromatic N) is 1. The fourth-order valence-electron chi connectivity index (χ4n) is 1.57. The van der Waals surface area contributed by atoms with Crippen molar-refractivity contribution in [2.75, 3.05) is 0 Å². The highest BCUT2D eigenvalue weighted by atomic mass is 79.9. The second-order valence-electron chi connectivity index (χ2n) is 5.52. The minimum atomic E-state index is -1.10. The van der Waals surface area contributed by atoms with Gasteiger partial charge < -0.3 is 0 Å². The third-order valence-corrected chi connectivity index (χ3v) is 4.80. The molecule has 0 saturated carbocycles. The van der Waals surface area contributed by atoms with Gasteiger partial charge >= 0.3 is 0 Å². The number of benzene rings is 1. The van der Waals surface area contributed by atoms with Crippen LogP contribution >= 0.6 is 15.9 Å². The van der Waals surface area contributed by atoms with Crippen LogP contribution in [0.1, 0.15) is 38.8 Å². The molecule has 1 aromatic rings. The second-order valence-corrected chi connectivity index (χ2v) is 8.43. The molecule has 1 N–H and O–H groups in total. The van der Waals surface area contributed by atoms with Gasteiger partial charge in [0.2, 0.25) is 0 Å². The van der Waals surface area contributed by atoms with Gasteiger partial charge in [0, 0.05) is 10.5 Å². The SMILES string of the molecule is C[C@H](Cc1cc(Br)ccc1C#N)N[S@@](=O)C(C)(C)C. The highest BCUT2D eigenvalue weighted by molar-refractivity contribution is 9.10. The maximum Gasteiger partial charge on any atom is 0.0994 e. The van der Waals surface area contributed by atoms with Crippen molar-refractivity contribution in [3.05, 3.63) is 33.8 Å². The lowest BCUT2D eigenvalue weighted by Gasteiger charge is -2.22. The molecule has 0 heterocycles. The molecule has 0 bridgehead atoms. The summed E-state index contributed by atoms with van der Waals surface area (Å²) in [4.78, 5) is 0. The summed E-state index contributed by atoms with van der Waals surface area (Å²) in [6.07, 6.45) is 0.671. The first-order valence-corrected chi connectivity index (χ1v) is 8.05. The average molecular weight is 343 g/mol. The number of hydrogen-bond acceptors (Lipinski definition) is 2. The number of hydrogen-bond donors (Lipinski definition) is 1. The first-order chi connectivity index (χ1) is 8.74. The molecule has 0 aromatic heterocycles. The molecule has 0 radical (unpaired) electrons. The van der Waals surface area contributed by atoms with Crippen molar-refractivity contribution in [3.63, 3.8) is 0 Å². The number of halogens is 1. The summed E-state index contributed by atoms with van der Waals surface area (Å²) in [7, 11) is -1.10. The number of nitriles is 1. The van der Waals surface area contributed by atoms with E-state index in [9.17, 15) is 4.21 Å². The van der Waals surface area contributed by atoms with Gasteiger partial charge in [0.1, 0.15) is 0 Å². The quantitative estimate of drug-likeness (QED) is 0.912. The second kappa shape index (κ2) is 6.65. The minimum absolute atomic E-state index is 0.0430. The molecular formula is C14H19BrN2OS. The molecule has 0 spiro atoms. The molecule has 19 heavy (non-hydrogen) atoms. The minimum Gasteiger partial charge on any atom is -0.242 e. The van der Waals surface area contributed by atoms with Crippen molar-refractivity contribution in [1.82, 2.24) is 4.72 Å². The van der Waals surface area contributed by atoms with E-state index in [1.807, 2.05) is 39.8 Å². The third-order valence-electron chi connectivity index (χ3n) is 2.58. The van der Waals surface area contributed by atoms with Crippen molar-refractivity contribution >= 4 is 26.9 Å². The van der Waals surface area contributed by atoms with E-state index in [1.54, 1.807) is 6.07 Å². The van der Waals surface area contributed by atoms with E-state index in [-0.39, 0.29) is 10.8 Å². The van der Waals surface area contributed by atoms with Crippen LogP contribution in [0.25, 0.3) is 0 Å². The zero-order chi connectivity index (χ0) is 14.6. The van der Waals surface area contributed by atoms with Crippen LogP contribution in [0, 0.1) is 11.3 Å². The Balaban J connectivity index is 2.78. The Hall–Kier alpha value is -0.700. The number of rotatable bonds is 4. The van der Waals surface area contributed by atoms with Gasteiger partial charge in [-0.15, -0.1) is 0 Å². The topological polar surface area (TPSA) is 52.9 Å². The van der Waals surface area contributed by atoms with Gasteiger partial charge in [0.25, 0.3) is 0 Å². The van der Waals surface area contributed by atoms with Crippen LogP contribution in [0.2, 0.25) is 0 Å². The zero-order valence-corrected chi connectivity index (χ0v) is 14.1. The van der Waals surface area contributed by atoms with Crippen LogP contribution in [0.3, 0.4) is 0 Å². The first kappa shape index (κ1) is 16.4. The molecule has 0 unspecified atom stereocenters. The van der Waals surface area contributed by atoms with Gasteiger partial charge in [-0.25, -0.2) is 8.93 Å². The van der Waals surface area contributed by atoms with Crippen LogP contribution in [-0.2, 0) is 17.4 Å². The Morgan fingerprint density at radius 2 is 2.11 bits per heavy atom. The molecule has 5 heteroatoms. The van der Waals surface area contributed by atoms with Crippen LogP contribution in [-0.4, -0.2) is 15.0 Å². The van der Waals surface area contributed by atoms with Crippen molar-refractivity contribution in [2.45, 2.75) is 44.9 Å². The molecule has 0 amide bonds. The highest BCUT2D eigenvalue weighted by Gasteiger charge is 2.21. The van der Waals surface area contributed by atoms with Gasteiger partial charge in [-0.05, 0) is 57.9 Å². The van der Waals surface area contributed by atoms with Gasteiger partial charge in [0.15, 0.2) is 0 Å². The molecule has 1 aromatic carbocycles. The van der Waals surface area contributed by atoms with E-state index >= 15 is 0 Å². The lowest BCUT2D eigenvalue weighted by molar-refractivity contribution is 0.603. The first-order valence-electron chi connectivity index (χ1n) is 6.10. The summed E-state index contributed by atoms with van der Waals surface area (Å²) in [5, 5.41) is 9.09. The largest absolute Gasteiger partial charge is 0.242 e. The molecule has 0 aliphatic carbocycles.